The number of fused-ring (bicyclic) bond motifs is 1. The largest absolute Gasteiger partial charge is 0.448 e. The Labute approximate surface area is 183 Å². The number of piperidine rings is 1. The molecule has 32 heavy (non-hydrogen) atoms. The lowest BCUT2D eigenvalue weighted by atomic mass is 9.97. The number of aromatic nitrogens is 4. The summed E-state index contributed by atoms with van der Waals surface area (Å²) >= 11 is 0. The van der Waals surface area contributed by atoms with Crippen molar-refractivity contribution in [2.45, 2.75) is 18.8 Å². The van der Waals surface area contributed by atoms with Gasteiger partial charge in [-0.05, 0) is 51.2 Å². The highest BCUT2D eigenvalue weighted by Crippen LogP contribution is 2.27. The maximum Gasteiger partial charge on any atom is 0.278 e. The van der Waals surface area contributed by atoms with Crippen LogP contribution in [0.3, 0.4) is 0 Å². The van der Waals surface area contributed by atoms with Gasteiger partial charge in [-0.3, -0.25) is 9.78 Å². The molecule has 0 aliphatic carbocycles. The third kappa shape index (κ3) is 4.19. The lowest BCUT2D eigenvalue weighted by Gasteiger charge is -2.26. The van der Waals surface area contributed by atoms with Crippen LogP contribution in [0.2, 0.25) is 0 Å². The van der Waals surface area contributed by atoms with Crippen molar-refractivity contribution >= 4 is 22.6 Å². The number of carbonyl (C=O) groups excluding carboxylic acids is 1. The van der Waals surface area contributed by atoms with Gasteiger partial charge in [0.05, 0.1) is 17.4 Å². The Balaban J connectivity index is 1.34. The molecule has 0 unspecified atom stereocenters. The number of nitrogens with zero attached hydrogens (tertiary/aromatic N) is 5. The molecule has 1 aliphatic rings. The Bertz CT molecular complexity index is 1280. The summed E-state index contributed by atoms with van der Waals surface area (Å²) in [6.07, 6.45) is 7.62. The van der Waals surface area contributed by atoms with Crippen molar-refractivity contribution in [1.29, 1.82) is 0 Å². The zero-order chi connectivity index (χ0) is 22.1. The highest BCUT2D eigenvalue weighted by molar-refractivity contribution is 6.02. The molecule has 0 aromatic carbocycles. The number of nitrogens with one attached hydrogen (secondary N) is 1. The number of oxazole rings is 1. The number of anilines is 1. The Morgan fingerprint density at radius 2 is 2.00 bits per heavy atom. The molecule has 162 valence electrons. The number of hydrogen-bond donors (Lipinski definition) is 1. The second-order valence-electron chi connectivity index (χ2n) is 7.95. The molecule has 0 spiro atoms. The fourth-order valence-electron chi connectivity index (χ4n) is 3.81. The summed E-state index contributed by atoms with van der Waals surface area (Å²) in [5.74, 6) is 0.342. The van der Waals surface area contributed by atoms with Crippen LogP contribution < -0.4 is 5.32 Å². The fraction of sp³-hybridized carbons (Fsp3) is 0.261. The minimum Gasteiger partial charge on any atom is -0.448 e. The SMILES string of the molecule is CN1CCC(c2nc(C(=O)Nc3cc4nc(-c5cncc(F)c5)ccc4cn3)co2)CC1. The number of rotatable bonds is 4. The van der Waals surface area contributed by atoms with Crippen LogP contribution in [-0.2, 0) is 0 Å². The molecule has 4 aromatic heterocycles. The van der Waals surface area contributed by atoms with Crippen molar-refractivity contribution < 1.29 is 13.6 Å². The number of amides is 1. The van der Waals surface area contributed by atoms with Gasteiger partial charge in [0.25, 0.3) is 5.91 Å². The molecule has 5 heterocycles. The second-order valence-corrected chi connectivity index (χ2v) is 7.95. The van der Waals surface area contributed by atoms with E-state index in [0.29, 0.717) is 28.5 Å². The summed E-state index contributed by atoms with van der Waals surface area (Å²) in [6, 6.07) is 6.66. The summed E-state index contributed by atoms with van der Waals surface area (Å²) in [6.45, 7) is 1.96. The lowest BCUT2D eigenvalue weighted by Crippen LogP contribution is -2.29. The fourth-order valence-corrected chi connectivity index (χ4v) is 3.81. The van der Waals surface area contributed by atoms with Crippen molar-refractivity contribution in [3.05, 3.63) is 66.5 Å². The summed E-state index contributed by atoms with van der Waals surface area (Å²) in [7, 11) is 2.09. The molecule has 5 rings (SSSR count). The molecule has 8 nitrogen and oxygen atoms in total. The van der Waals surface area contributed by atoms with E-state index in [0.717, 1.165) is 37.5 Å². The van der Waals surface area contributed by atoms with Crippen LogP contribution in [0.15, 0.2) is 53.5 Å². The monoisotopic (exact) mass is 432 g/mol. The first-order valence-electron chi connectivity index (χ1n) is 10.4. The zero-order valence-corrected chi connectivity index (χ0v) is 17.5. The van der Waals surface area contributed by atoms with E-state index in [1.807, 2.05) is 6.07 Å². The normalized spacial score (nSPS) is 15.2. The molecular weight excluding hydrogens is 411 g/mol. The van der Waals surface area contributed by atoms with E-state index >= 15 is 0 Å². The Morgan fingerprint density at radius 1 is 1.16 bits per heavy atom. The molecule has 0 bridgehead atoms. The molecule has 0 radical (unpaired) electrons. The van der Waals surface area contributed by atoms with Crippen LogP contribution in [0.25, 0.3) is 22.2 Å². The van der Waals surface area contributed by atoms with Gasteiger partial charge in [-0.25, -0.2) is 19.3 Å². The van der Waals surface area contributed by atoms with Crippen LogP contribution in [-0.4, -0.2) is 50.9 Å². The predicted octanol–water partition coefficient (Wildman–Crippen LogP) is 3.88. The van der Waals surface area contributed by atoms with Crippen LogP contribution >= 0.6 is 0 Å². The summed E-state index contributed by atoms with van der Waals surface area (Å²) in [4.78, 5) is 32.1. The van der Waals surface area contributed by atoms with Crippen LogP contribution in [0.1, 0.15) is 35.1 Å². The van der Waals surface area contributed by atoms with E-state index in [9.17, 15) is 9.18 Å². The minimum atomic E-state index is -0.431. The molecule has 1 aliphatic heterocycles. The van der Waals surface area contributed by atoms with E-state index in [1.165, 1.54) is 12.3 Å². The van der Waals surface area contributed by atoms with Crippen molar-refractivity contribution in [2.75, 3.05) is 25.5 Å². The molecule has 4 aromatic rings. The van der Waals surface area contributed by atoms with E-state index in [1.54, 1.807) is 24.5 Å². The topological polar surface area (TPSA) is 97.0 Å². The smallest absolute Gasteiger partial charge is 0.278 e. The molecule has 1 amide bonds. The van der Waals surface area contributed by atoms with Crippen LogP contribution in [0.5, 0.6) is 0 Å². The summed E-state index contributed by atoms with van der Waals surface area (Å²) < 4.78 is 19.1. The Morgan fingerprint density at radius 3 is 2.81 bits per heavy atom. The standard InChI is InChI=1S/C23H21FN6O2/c1-30-6-4-14(5-7-30)23-28-20(13-32-23)22(31)29-21-9-19-15(11-26-21)2-3-18(27-19)16-8-17(24)12-25-10-16/h2-3,8-14H,4-7H2,1H3,(H,26,29,31). The average molecular weight is 432 g/mol. The first-order chi connectivity index (χ1) is 15.5. The Hall–Kier alpha value is -3.72. The molecule has 1 fully saturated rings. The predicted molar refractivity (Wildman–Crippen MR) is 117 cm³/mol. The second kappa shape index (κ2) is 8.43. The molecule has 1 saturated heterocycles. The van der Waals surface area contributed by atoms with Crippen LogP contribution in [0, 0.1) is 5.82 Å². The van der Waals surface area contributed by atoms with Crippen molar-refractivity contribution in [1.82, 2.24) is 24.8 Å². The minimum absolute atomic E-state index is 0.216. The van der Waals surface area contributed by atoms with Gasteiger partial charge in [-0.15, -0.1) is 0 Å². The van der Waals surface area contributed by atoms with E-state index < -0.39 is 11.7 Å². The number of hydrogen-bond acceptors (Lipinski definition) is 7. The van der Waals surface area contributed by atoms with Crippen LogP contribution in [0.4, 0.5) is 10.2 Å². The molecule has 0 saturated carbocycles. The third-order valence-electron chi connectivity index (χ3n) is 5.64. The van der Waals surface area contributed by atoms with Gasteiger partial charge in [-0.2, -0.15) is 0 Å². The molecule has 1 N–H and O–H groups in total. The van der Waals surface area contributed by atoms with E-state index in [-0.39, 0.29) is 11.6 Å². The molecule has 0 atom stereocenters. The van der Waals surface area contributed by atoms with Gasteiger partial charge in [0.1, 0.15) is 17.9 Å². The highest BCUT2D eigenvalue weighted by atomic mass is 19.1. The number of halogens is 1. The van der Waals surface area contributed by atoms with Crippen molar-refractivity contribution in [3.8, 4) is 11.3 Å². The number of pyridine rings is 3. The van der Waals surface area contributed by atoms with Crippen molar-refractivity contribution in [2.24, 2.45) is 0 Å². The number of carbonyl (C=O) groups is 1. The first-order valence-corrected chi connectivity index (χ1v) is 10.4. The van der Waals surface area contributed by atoms with Gasteiger partial charge in [-0.1, -0.05) is 0 Å². The first kappa shape index (κ1) is 20.2. The zero-order valence-electron chi connectivity index (χ0n) is 17.5. The highest BCUT2D eigenvalue weighted by Gasteiger charge is 2.24. The number of likely N-dealkylation sites (tertiary alicyclic amines) is 1. The van der Waals surface area contributed by atoms with E-state index in [2.05, 4.69) is 37.2 Å². The van der Waals surface area contributed by atoms with Crippen molar-refractivity contribution in [3.63, 3.8) is 0 Å². The van der Waals surface area contributed by atoms with Gasteiger partial charge < -0.3 is 14.6 Å². The van der Waals surface area contributed by atoms with Gasteiger partial charge >= 0.3 is 0 Å². The quantitative estimate of drug-likeness (QED) is 0.523. The van der Waals surface area contributed by atoms with Gasteiger partial charge in [0.2, 0.25) is 0 Å². The van der Waals surface area contributed by atoms with Gasteiger partial charge in [0, 0.05) is 35.3 Å². The summed E-state index contributed by atoms with van der Waals surface area (Å²) in [5.41, 5.74) is 1.98. The maximum absolute atomic E-state index is 13.5. The maximum atomic E-state index is 13.5. The van der Waals surface area contributed by atoms with Gasteiger partial charge in [0.15, 0.2) is 11.6 Å². The summed E-state index contributed by atoms with van der Waals surface area (Å²) in [5, 5.41) is 3.54. The average Bonchev–Trinajstić information content (AvgIpc) is 3.30. The molecular formula is C23H21FN6O2. The third-order valence-corrected chi connectivity index (χ3v) is 5.64. The lowest BCUT2D eigenvalue weighted by molar-refractivity contribution is 0.102. The van der Waals surface area contributed by atoms with E-state index in [4.69, 9.17) is 4.42 Å². The Kier molecular flexibility index (Phi) is 5.32. The molecule has 9 heteroatoms.